The zero-order valence-corrected chi connectivity index (χ0v) is 12.0. The van der Waals surface area contributed by atoms with Crippen LogP contribution < -0.4 is 0 Å². The van der Waals surface area contributed by atoms with E-state index < -0.39 is 11.6 Å². The summed E-state index contributed by atoms with van der Waals surface area (Å²) >= 11 is 0. The fourth-order valence-corrected chi connectivity index (χ4v) is 1.40. The van der Waals surface area contributed by atoms with Crippen molar-refractivity contribution in [2.75, 3.05) is 7.11 Å². The van der Waals surface area contributed by atoms with Gasteiger partial charge in [0.1, 0.15) is 0 Å². The van der Waals surface area contributed by atoms with Gasteiger partial charge in [-0.15, -0.1) is 0 Å². The molecule has 0 aliphatic heterocycles. The summed E-state index contributed by atoms with van der Waals surface area (Å²) in [4.78, 5) is 16.8. The molecule has 0 bridgehead atoms. The topological polar surface area (TPSA) is 47.9 Å². The second-order valence-electron chi connectivity index (χ2n) is 4.75. The highest BCUT2D eigenvalue weighted by Crippen LogP contribution is 2.12. The van der Waals surface area contributed by atoms with Gasteiger partial charge in [0.15, 0.2) is 5.60 Å². The molecule has 19 heavy (non-hydrogen) atoms. The third-order valence-electron chi connectivity index (χ3n) is 2.83. The van der Waals surface area contributed by atoms with Crippen molar-refractivity contribution in [3.8, 4) is 0 Å². The molecule has 0 radical (unpaired) electrons. The zero-order chi connectivity index (χ0) is 14.3. The zero-order valence-electron chi connectivity index (χ0n) is 12.0. The summed E-state index contributed by atoms with van der Waals surface area (Å²) in [6, 6.07) is 9.70. The Hall–Kier alpha value is -1.68. The summed E-state index contributed by atoms with van der Waals surface area (Å²) in [5.41, 5.74) is 0.744. The molecule has 1 rings (SSSR count). The van der Waals surface area contributed by atoms with Crippen LogP contribution in [0.1, 0.15) is 39.2 Å². The average Bonchev–Trinajstić information content (AvgIpc) is 2.44. The molecule has 0 spiro atoms. The largest absolute Gasteiger partial charge is 0.367 e. The molecule has 0 saturated carbocycles. The molecule has 4 nitrogen and oxygen atoms in total. The minimum Gasteiger partial charge on any atom is -0.367 e. The van der Waals surface area contributed by atoms with Crippen LogP contribution in [0.25, 0.3) is 0 Å². The van der Waals surface area contributed by atoms with E-state index in [1.807, 2.05) is 30.3 Å². The predicted molar refractivity (Wildman–Crippen MR) is 75.1 cm³/mol. The molecule has 0 amide bonds. The van der Waals surface area contributed by atoms with Crippen molar-refractivity contribution in [3.63, 3.8) is 0 Å². The van der Waals surface area contributed by atoms with Gasteiger partial charge in [-0.25, -0.2) is 4.79 Å². The predicted octanol–water partition coefficient (Wildman–Crippen LogP) is 3.16. The van der Waals surface area contributed by atoms with Crippen LogP contribution in [0.5, 0.6) is 0 Å². The van der Waals surface area contributed by atoms with Crippen molar-refractivity contribution in [1.29, 1.82) is 0 Å². The lowest BCUT2D eigenvalue weighted by Crippen LogP contribution is -2.34. The second kappa shape index (κ2) is 7.04. The van der Waals surface area contributed by atoms with E-state index in [-0.39, 0.29) is 0 Å². The minimum atomic E-state index is -0.989. The number of carbonyl (C=O) groups excluding carboxylic acids is 1. The molecule has 0 fully saturated rings. The quantitative estimate of drug-likeness (QED) is 0.450. The van der Waals surface area contributed by atoms with Gasteiger partial charge in [-0.3, -0.25) is 0 Å². The van der Waals surface area contributed by atoms with E-state index in [0.29, 0.717) is 0 Å². The van der Waals surface area contributed by atoms with Gasteiger partial charge < -0.3 is 9.57 Å². The third kappa shape index (κ3) is 4.48. The molecule has 104 valence electrons. The van der Waals surface area contributed by atoms with E-state index in [0.717, 1.165) is 24.1 Å². The molecular weight excluding hydrogens is 242 g/mol. The Kier molecular flexibility index (Phi) is 5.70. The van der Waals surface area contributed by atoms with Crippen LogP contribution in [-0.4, -0.2) is 24.4 Å². The molecule has 0 saturated heterocycles. The molecule has 0 unspecified atom stereocenters. The lowest BCUT2D eigenvalue weighted by molar-refractivity contribution is -0.165. The van der Waals surface area contributed by atoms with E-state index in [2.05, 4.69) is 12.1 Å². The van der Waals surface area contributed by atoms with E-state index in [1.54, 1.807) is 13.8 Å². The molecule has 1 aromatic rings. The van der Waals surface area contributed by atoms with Crippen molar-refractivity contribution in [2.24, 2.45) is 5.16 Å². The maximum Gasteiger partial charge on any atom is 0.365 e. The summed E-state index contributed by atoms with van der Waals surface area (Å²) < 4.78 is 5.05. The SMILES string of the molecule is CCC/C(=N\OC(=O)C(C)(C)OC)c1ccccc1. The number of hydrogen-bond acceptors (Lipinski definition) is 4. The molecule has 0 atom stereocenters. The molecule has 0 heterocycles. The first-order valence-corrected chi connectivity index (χ1v) is 6.40. The van der Waals surface area contributed by atoms with Crippen LogP contribution in [0.2, 0.25) is 0 Å². The fourth-order valence-electron chi connectivity index (χ4n) is 1.40. The van der Waals surface area contributed by atoms with Crippen LogP contribution in [0.4, 0.5) is 0 Å². The number of nitrogens with zero attached hydrogens (tertiary/aromatic N) is 1. The smallest absolute Gasteiger partial charge is 0.365 e. The lowest BCUT2D eigenvalue weighted by atomic mass is 10.1. The lowest BCUT2D eigenvalue weighted by Gasteiger charge is -2.18. The summed E-state index contributed by atoms with van der Waals surface area (Å²) in [6.45, 7) is 5.35. The van der Waals surface area contributed by atoms with E-state index in [4.69, 9.17) is 9.57 Å². The summed E-state index contributed by atoms with van der Waals surface area (Å²) in [5.74, 6) is -0.500. The molecular formula is C15H21NO3. The average molecular weight is 263 g/mol. The summed E-state index contributed by atoms with van der Waals surface area (Å²) in [7, 11) is 1.47. The fraction of sp³-hybridized carbons (Fsp3) is 0.467. The van der Waals surface area contributed by atoms with Crippen molar-refractivity contribution in [2.45, 2.75) is 39.2 Å². The van der Waals surface area contributed by atoms with Crippen molar-refractivity contribution >= 4 is 11.7 Å². The Labute approximate surface area is 114 Å². The third-order valence-corrected chi connectivity index (χ3v) is 2.83. The van der Waals surface area contributed by atoms with Gasteiger partial charge in [0.25, 0.3) is 0 Å². The van der Waals surface area contributed by atoms with E-state index >= 15 is 0 Å². The molecule has 0 aliphatic carbocycles. The molecule has 4 heteroatoms. The summed E-state index contributed by atoms with van der Waals surface area (Å²) in [5, 5.41) is 3.98. The first kappa shape index (κ1) is 15.4. The van der Waals surface area contributed by atoms with Crippen molar-refractivity contribution < 1.29 is 14.4 Å². The number of hydrogen-bond donors (Lipinski definition) is 0. The monoisotopic (exact) mass is 263 g/mol. The Bertz CT molecular complexity index is 438. The van der Waals surface area contributed by atoms with Crippen molar-refractivity contribution in [1.82, 2.24) is 0 Å². The van der Waals surface area contributed by atoms with Gasteiger partial charge in [0.05, 0.1) is 5.71 Å². The molecule has 0 aromatic heterocycles. The van der Waals surface area contributed by atoms with E-state index in [9.17, 15) is 4.79 Å². The van der Waals surface area contributed by atoms with E-state index in [1.165, 1.54) is 7.11 Å². The number of rotatable bonds is 6. The molecule has 0 aliphatic rings. The minimum absolute atomic E-state index is 0.500. The standard InChI is InChI=1S/C15H21NO3/c1-5-9-13(12-10-7-6-8-11-12)16-19-14(17)15(2,3)18-4/h6-8,10-11H,5,9H2,1-4H3/b16-13+. The van der Waals surface area contributed by atoms with Gasteiger partial charge in [0, 0.05) is 7.11 Å². The maximum atomic E-state index is 11.8. The van der Waals surface area contributed by atoms with Crippen LogP contribution in [-0.2, 0) is 14.4 Å². The first-order valence-electron chi connectivity index (χ1n) is 6.40. The highest BCUT2D eigenvalue weighted by atomic mass is 16.7. The Morgan fingerprint density at radius 1 is 1.26 bits per heavy atom. The van der Waals surface area contributed by atoms with Gasteiger partial charge in [0.2, 0.25) is 0 Å². The Morgan fingerprint density at radius 3 is 2.42 bits per heavy atom. The number of oxime groups is 1. The van der Waals surface area contributed by atoms with Crippen molar-refractivity contribution in [3.05, 3.63) is 35.9 Å². The number of carbonyl (C=O) groups is 1. The highest BCUT2D eigenvalue weighted by molar-refractivity contribution is 6.00. The maximum absolute atomic E-state index is 11.8. The first-order chi connectivity index (χ1) is 9.01. The van der Waals surface area contributed by atoms with Crippen LogP contribution in [0.15, 0.2) is 35.5 Å². The van der Waals surface area contributed by atoms with Gasteiger partial charge >= 0.3 is 5.97 Å². The molecule has 1 aromatic carbocycles. The Balaban J connectivity index is 2.83. The van der Waals surface area contributed by atoms with Gasteiger partial charge in [-0.05, 0) is 25.8 Å². The summed E-state index contributed by atoms with van der Waals surface area (Å²) in [6.07, 6.45) is 1.68. The van der Waals surface area contributed by atoms with Crippen LogP contribution in [0, 0.1) is 0 Å². The van der Waals surface area contributed by atoms with Crippen LogP contribution >= 0.6 is 0 Å². The Morgan fingerprint density at radius 2 is 1.89 bits per heavy atom. The second-order valence-corrected chi connectivity index (χ2v) is 4.75. The number of ether oxygens (including phenoxy) is 1. The highest BCUT2D eigenvalue weighted by Gasteiger charge is 2.29. The number of methoxy groups -OCH3 is 1. The van der Waals surface area contributed by atoms with Crippen LogP contribution in [0.3, 0.4) is 0 Å². The molecule has 0 N–H and O–H groups in total. The number of benzene rings is 1. The van der Waals surface area contributed by atoms with Gasteiger partial charge in [-0.1, -0.05) is 48.8 Å². The normalized spacial score (nSPS) is 12.3. The van der Waals surface area contributed by atoms with Gasteiger partial charge in [-0.2, -0.15) is 0 Å².